The van der Waals surface area contributed by atoms with Gasteiger partial charge in [0.2, 0.25) is 0 Å². The molecule has 3 rings (SSSR count). The first-order chi connectivity index (χ1) is 13.0. The molecule has 142 valence electrons. The van der Waals surface area contributed by atoms with Gasteiger partial charge in [0.15, 0.2) is 18.8 Å². The van der Waals surface area contributed by atoms with Crippen molar-refractivity contribution in [2.45, 2.75) is 19.9 Å². The van der Waals surface area contributed by atoms with Crippen LogP contribution in [-0.2, 0) is 11.3 Å². The molecule has 0 aliphatic heterocycles. The van der Waals surface area contributed by atoms with Gasteiger partial charge in [-0.1, -0.05) is 18.5 Å². The largest absolute Gasteiger partial charge is 0.459 e. The van der Waals surface area contributed by atoms with Crippen LogP contribution < -0.4 is 10.2 Å². The summed E-state index contributed by atoms with van der Waals surface area (Å²) in [7, 11) is 0. The summed E-state index contributed by atoms with van der Waals surface area (Å²) in [5.41, 5.74) is 0.445. The summed E-state index contributed by atoms with van der Waals surface area (Å²) in [5.74, 6) is 0.471. The highest BCUT2D eigenvalue weighted by atomic mass is 35.5. The standard InChI is InChI=1S/C18H18ClFN4O3/c1-2-7-24(10-16(25)21-12-5-6-14(20)13(19)9-12)11-17-22-23-18(27-17)15-4-3-8-26-15/h3-6,8-9H,2,7,10-11H2,1H3,(H,21,25)/p+1. The Labute approximate surface area is 160 Å². The summed E-state index contributed by atoms with van der Waals surface area (Å²) < 4.78 is 24.0. The second-order valence-electron chi connectivity index (χ2n) is 6.01. The van der Waals surface area contributed by atoms with Crippen LogP contribution in [0.3, 0.4) is 0 Å². The predicted molar refractivity (Wildman–Crippen MR) is 96.7 cm³/mol. The summed E-state index contributed by atoms with van der Waals surface area (Å²) in [6.45, 7) is 3.37. The lowest BCUT2D eigenvalue weighted by Crippen LogP contribution is -3.11. The van der Waals surface area contributed by atoms with Gasteiger partial charge in [0.1, 0.15) is 5.82 Å². The number of rotatable bonds is 8. The van der Waals surface area contributed by atoms with Gasteiger partial charge in [-0.25, -0.2) is 4.39 Å². The number of aromatic nitrogens is 2. The molecule has 1 atom stereocenters. The molecular formula is C18H19ClFN4O3+. The maximum atomic E-state index is 13.2. The van der Waals surface area contributed by atoms with Crippen LogP contribution in [0.4, 0.5) is 10.1 Å². The zero-order valence-electron chi connectivity index (χ0n) is 14.7. The number of anilines is 1. The number of carbonyl (C=O) groups is 1. The number of benzene rings is 1. The molecule has 2 aromatic heterocycles. The molecule has 1 amide bonds. The van der Waals surface area contributed by atoms with E-state index in [4.69, 9.17) is 20.4 Å². The summed E-state index contributed by atoms with van der Waals surface area (Å²) in [5, 5.41) is 10.7. The third-order valence-electron chi connectivity index (χ3n) is 3.82. The van der Waals surface area contributed by atoms with Gasteiger partial charge in [0.05, 0.1) is 17.8 Å². The van der Waals surface area contributed by atoms with Crippen molar-refractivity contribution in [3.05, 3.63) is 53.3 Å². The average molecular weight is 394 g/mol. The number of furan rings is 1. The zero-order valence-corrected chi connectivity index (χ0v) is 15.4. The molecular weight excluding hydrogens is 375 g/mol. The topological polar surface area (TPSA) is 85.6 Å². The maximum Gasteiger partial charge on any atom is 0.283 e. The first-order valence-electron chi connectivity index (χ1n) is 8.50. The Kier molecular flexibility index (Phi) is 6.20. The Morgan fingerprint density at radius 1 is 1.33 bits per heavy atom. The van der Waals surface area contributed by atoms with Gasteiger partial charge in [0, 0.05) is 5.69 Å². The van der Waals surface area contributed by atoms with Crippen molar-refractivity contribution in [3.63, 3.8) is 0 Å². The van der Waals surface area contributed by atoms with E-state index >= 15 is 0 Å². The number of nitrogens with zero attached hydrogens (tertiary/aromatic N) is 2. The molecule has 2 heterocycles. The minimum absolute atomic E-state index is 0.0399. The van der Waals surface area contributed by atoms with Crippen molar-refractivity contribution in [1.29, 1.82) is 0 Å². The molecule has 0 fully saturated rings. The lowest BCUT2D eigenvalue weighted by Gasteiger charge is -2.16. The van der Waals surface area contributed by atoms with Crippen LogP contribution in [0.1, 0.15) is 19.2 Å². The number of hydrogen-bond acceptors (Lipinski definition) is 5. The Bertz CT molecular complexity index is 898. The van der Waals surface area contributed by atoms with Crippen LogP contribution in [0.5, 0.6) is 0 Å². The van der Waals surface area contributed by atoms with Crippen molar-refractivity contribution < 1.29 is 22.9 Å². The molecule has 1 unspecified atom stereocenters. The van der Waals surface area contributed by atoms with Crippen LogP contribution in [-0.4, -0.2) is 29.2 Å². The number of carbonyl (C=O) groups excluding carboxylic acids is 1. The van der Waals surface area contributed by atoms with Gasteiger partial charge >= 0.3 is 0 Å². The minimum atomic E-state index is -0.531. The first kappa shape index (κ1) is 19.1. The normalized spacial score (nSPS) is 12.1. The van der Waals surface area contributed by atoms with E-state index in [1.54, 1.807) is 12.1 Å². The molecule has 7 nitrogen and oxygen atoms in total. The van der Waals surface area contributed by atoms with E-state index < -0.39 is 5.82 Å². The van der Waals surface area contributed by atoms with Gasteiger partial charge in [-0.15, -0.1) is 10.2 Å². The Balaban J connectivity index is 1.61. The van der Waals surface area contributed by atoms with Crippen LogP contribution in [0.25, 0.3) is 11.7 Å². The molecule has 0 saturated heterocycles. The van der Waals surface area contributed by atoms with E-state index in [0.29, 0.717) is 29.8 Å². The highest BCUT2D eigenvalue weighted by Gasteiger charge is 2.19. The molecule has 0 bridgehead atoms. The number of halogens is 2. The van der Waals surface area contributed by atoms with Crippen LogP contribution in [0, 0.1) is 5.82 Å². The molecule has 3 aromatic rings. The van der Waals surface area contributed by atoms with E-state index in [-0.39, 0.29) is 17.5 Å². The van der Waals surface area contributed by atoms with E-state index in [2.05, 4.69) is 15.5 Å². The Hall–Kier alpha value is -2.71. The monoisotopic (exact) mass is 393 g/mol. The minimum Gasteiger partial charge on any atom is -0.459 e. The molecule has 0 aliphatic rings. The van der Waals surface area contributed by atoms with Crippen molar-refractivity contribution in [2.75, 3.05) is 18.4 Å². The predicted octanol–water partition coefficient (Wildman–Crippen LogP) is 2.56. The van der Waals surface area contributed by atoms with Crippen LogP contribution in [0.15, 0.2) is 45.4 Å². The third kappa shape index (κ3) is 5.15. The van der Waals surface area contributed by atoms with Crippen molar-refractivity contribution >= 4 is 23.2 Å². The lowest BCUT2D eigenvalue weighted by atomic mass is 10.3. The van der Waals surface area contributed by atoms with Gasteiger partial charge < -0.3 is 19.1 Å². The van der Waals surface area contributed by atoms with E-state index in [1.807, 2.05) is 6.92 Å². The summed E-state index contributed by atoms with van der Waals surface area (Å²) in [6, 6.07) is 7.52. The van der Waals surface area contributed by atoms with Crippen molar-refractivity contribution in [2.24, 2.45) is 0 Å². The summed E-state index contributed by atoms with van der Waals surface area (Å²) >= 11 is 5.74. The van der Waals surface area contributed by atoms with E-state index in [0.717, 1.165) is 17.9 Å². The molecule has 0 aliphatic carbocycles. The number of nitrogens with one attached hydrogen (secondary N) is 2. The molecule has 27 heavy (non-hydrogen) atoms. The fraction of sp³-hybridized carbons (Fsp3) is 0.278. The highest BCUT2D eigenvalue weighted by Crippen LogP contribution is 2.19. The quantitative estimate of drug-likeness (QED) is 0.614. The van der Waals surface area contributed by atoms with Crippen molar-refractivity contribution in [3.8, 4) is 11.7 Å². The molecule has 2 N–H and O–H groups in total. The Morgan fingerprint density at radius 3 is 2.89 bits per heavy atom. The molecule has 0 saturated carbocycles. The van der Waals surface area contributed by atoms with Crippen LogP contribution in [0.2, 0.25) is 5.02 Å². The SMILES string of the molecule is CCC[NH+](CC(=O)Nc1ccc(F)c(Cl)c1)Cc1nnc(-c2ccco2)o1. The first-order valence-corrected chi connectivity index (χ1v) is 8.87. The summed E-state index contributed by atoms with van der Waals surface area (Å²) in [4.78, 5) is 13.3. The Morgan fingerprint density at radius 2 is 2.19 bits per heavy atom. The maximum absolute atomic E-state index is 13.2. The number of amides is 1. The molecule has 0 radical (unpaired) electrons. The lowest BCUT2D eigenvalue weighted by molar-refractivity contribution is -0.907. The van der Waals surface area contributed by atoms with Gasteiger partial charge in [0.25, 0.3) is 17.7 Å². The number of hydrogen-bond donors (Lipinski definition) is 2. The average Bonchev–Trinajstić information content (AvgIpc) is 3.29. The van der Waals surface area contributed by atoms with Crippen LogP contribution >= 0.6 is 11.6 Å². The molecule has 1 aromatic carbocycles. The second kappa shape index (κ2) is 8.79. The van der Waals surface area contributed by atoms with Gasteiger partial charge in [-0.3, -0.25) is 4.79 Å². The van der Waals surface area contributed by atoms with E-state index in [9.17, 15) is 9.18 Å². The van der Waals surface area contributed by atoms with Crippen molar-refractivity contribution in [1.82, 2.24) is 10.2 Å². The summed E-state index contributed by atoms with van der Waals surface area (Å²) in [6.07, 6.45) is 2.41. The molecule has 9 heteroatoms. The smallest absolute Gasteiger partial charge is 0.283 e. The third-order valence-corrected chi connectivity index (χ3v) is 4.11. The zero-order chi connectivity index (χ0) is 19.2. The second-order valence-corrected chi connectivity index (χ2v) is 6.42. The highest BCUT2D eigenvalue weighted by molar-refractivity contribution is 6.31. The van der Waals surface area contributed by atoms with Gasteiger partial charge in [-0.05, 0) is 36.8 Å². The fourth-order valence-corrected chi connectivity index (χ4v) is 2.82. The van der Waals surface area contributed by atoms with E-state index in [1.165, 1.54) is 24.5 Å². The van der Waals surface area contributed by atoms with Gasteiger partial charge in [-0.2, -0.15) is 0 Å². The fourth-order valence-electron chi connectivity index (χ4n) is 2.64. The molecule has 0 spiro atoms. The number of quaternary nitrogens is 1.